The van der Waals surface area contributed by atoms with E-state index in [4.69, 9.17) is 0 Å². The predicted molar refractivity (Wildman–Crippen MR) is 71.0 cm³/mol. The maximum absolute atomic E-state index is 11.6. The van der Waals surface area contributed by atoms with Crippen LogP contribution in [-0.2, 0) is 0 Å². The van der Waals surface area contributed by atoms with Crippen molar-refractivity contribution in [2.24, 2.45) is 0 Å². The summed E-state index contributed by atoms with van der Waals surface area (Å²) in [6.45, 7) is 0. The fourth-order valence-corrected chi connectivity index (χ4v) is 1.62. The van der Waals surface area contributed by atoms with Gasteiger partial charge in [0.05, 0.1) is 0 Å². The standard InChI is InChI=1S/C12H10BrN3O/c13-10-7-4-8-11(15-10)16-12(17)14-9-5-2-1-3-6-9/h1-8H,(H2,14,15,16,17). The van der Waals surface area contributed by atoms with Crippen LogP contribution in [0.4, 0.5) is 16.3 Å². The van der Waals surface area contributed by atoms with E-state index >= 15 is 0 Å². The second-order valence-corrected chi connectivity index (χ2v) is 4.10. The number of aromatic nitrogens is 1. The maximum Gasteiger partial charge on any atom is 0.324 e. The van der Waals surface area contributed by atoms with Gasteiger partial charge in [-0.05, 0) is 40.2 Å². The largest absolute Gasteiger partial charge is 0.324 e. The molecule has 2 rings (SSSR count). The zero-order valence-corrected chi connectivity index (χ0v) is 10.4. The minimum absolute atomic E-state index is 0.318. The van der Waals surface area contributed by atoms with Crippen LogP contribution in [0.2, 0.25) is 0 Å². The number of anilines is 2. The molecule has 0 unspecified atom stereocenters. The van der Waals surface area contributed by atoms with Crippen molar-refractivity contribution in [2.75, 3.05) is 10.6 Å². The molecule has 5 heteroatoms. The number of hydrogen-bond acceptors (Lipinski definition) is 2. The fraction of sp³-hybridized carbons (Fsp3) is 0. The molecule has 0 saturated carbocycles. The van der Waals surface area contributed by atoms with E-state index < -0.39 is 0 Å². The van der Waals surface area contributed by atoms with E-state index in [1.165, 1.54) is 0 Å². The van der Waals surface area contributed by atoms with Crippen LogP contribution < -0.4 is 10.6 Å². The average Bonchev–Trinajstić information content (AvgIpc) is 2.30. The zero-order valence-electron chi connectivity index (χ0n) is 8.85. The lowest BCUT2D eigenvalue weighted by atomic mass is 10.3. The van der Waals surface area contributed by atoms with E-state index in [0.29, 0.717) is 10.4 Å². The summed E-state index contributed by atoms with van der Waals surface area (Å²) in [6, 6.07) is 14.2. The molecule has 2 N–H and O–H groups in total. The zero-order chi connectivity index (χ0) is 12.1. The van der Waals surface area contributed by atoms with Crippen LogP contribution >= 0.6 is 15.9 Å². The molecule has 17 heavy (non-hydrogen) atoms. The molecule has 0 atom stereocenters. The van der Waals surface area contributed by atoms with Gasteiger partial charge in [-0.25, -0.2) is 9.78 Å². The third kappa shape index (κ3) is 3.57. The molecule has 1 heterocycles. The molecule has 2 amide bonds. The number of benzene rings is 1. The Morgan fingerprint density at radius 1 is 1.00 bits per heavy atom. The number of nitrogens with one attached hydrogen (secondary N) is 2. The van der Waals surface area contributed by atoms with Gasteiger partial charge >= 0.3 is 6.03 Å². The molecule has 1 aromatic carbocycles. The summed E-state index contributed by atoms with van der Waals surface area (Å²) in [4.78, 5) is 15.7. The Morgan fingerprint density at radius 2 is 1.76 bits per heavy atom. The quantitative estimate of drug-likeness (QED) is 0.832. The smallest absolute Gasteiger partial charge is 0.308 e. The Labute approximate surface area is 107 Å². The normalized spacial score (nSPS) is 9.71. The molecule has 0 fully saturated rings. The van der Waals surface area contributed by atoms with Crippen molar-refractivity contribution in [3.63, 3.8) is 0 Å². The van der Waals surface area contributed by atoms with E-state index in [-0.39, 0.29) is 6.03 Å². The van der Waals surface area contributed by atoms with Crippen LogP contribution in [0.3, 0.4) is 0 Å². The summed E-state index contributed by atoms with van der Waals surface area (Å²) >= 11 is 3.24. The Balaban J connectivity index is 1.98. The highest BCUT2D eigenvalue weighted by molar-refractivity contribution is 9.10. The van der Waals surface area contributed by atoms with Gasteiger partial charge in [-0.2, -0.15) is 0 Å². The summed E-state index contributed by atoms with van der Waals surface area (Å²) < 4.78 is 0.676. The molecule has 0 aliphatic heterocycles. The van der Waals surface area contributed by atoms with Crippen molar-refractivity contribution >= 4 is 33.5 Å². The van der Waals surface area contributed by atoms with E-state index in [1.807, 2.05) is 30.3 Å². The number of hydrogen-bond donors (Lipinski definition) is 2. The molecular weight excluding hydrogens is 282 g/mol. The van der Waals surface area contributed by atoms with Gasteiger partial charge < -0.3 is 5.32 Å². The van der Waals surface area contributed by atoms with E-state index in [2.05, 4.69) is 31.5 Å². The molecule has 0 bridgehead atoms. The third-order valence-electron chi connectivity index (χ3n) is 1.99. The third-order valence-corrected chi connectivity index (χ3v) is 2.43. The average molecular weight is 292 g/mol. The lowest BCUT2D eigenvalue weighted by molar-refractivity contribution is 0.262. The first-order valence-corrected chi connectivity index (χ1v) is 5.79. The lowest BCUT2D eigenvalue weighted by Crippen LogP contribution is -2.19. The molecule has 1 aromatic heterocycles. The second-order valence-electron chi connectivity index (χ2n) is 3.29. The van der Waals surface area contributed by atoms with Gasteiger partial charge in [-0.15, -0.1) is 0 Å². The van der Waals surface area contributed by atoms with Crippen molar-refractivity contribution < 1.29 is 4.79 Å². The van der Waals surface area contributed by atoms with Gasteiger partial charge in [0, 0.05) is 5.69 Å². The first kappa shape index (κ1) is 11.6. The van der Waals surface area contributed by atoms with Crippen LogP contribution in [0, 0.1) is 0 Å². The number of carbonyl (C=O) groups excluding carboxylic acids is 1. The molecule has 0 saturated heterocycles. The summed E-state index contributed by atoms with van der Waals surface area (Å²) in [5.41, 5.74) is 0.736. The fourth-order valence-electron chi connectivity index (χ4n) is 1.28. The monoisotopic (exact) mass is 291 g/mol. The highest BCUT2D eigenvalue weighted by atomic mass is 79.9. The Kier molecular flexibility index (Phi) is 3.72. The number of pyridine rings is 1. The predicted octanol–water partition coefficient (Wildman–Crippen LogP) is 3.49. The molecule has 0 spiro atoms. The van der Waals surface area contributed by atoms with Crippen molar-refractivity contribution in [2.45, 2.75) is 0 Å². The van der Waals surface area contributed by atoms with Crippen molar-refractivity contribution in [3.8, 4) is 0 Å². The van der Waals surface area contributed by atoms with Gasteiger partial charge in [-0.1, -0.05) is 24.3 Å². The molecule has 0 radical (unpaired) electrons. The van der Waals surface area contributed by atoms with Gasteiger partial charge in [0.2, 0.25) is 0 Å². The molecule has 4 nitrogen and oxygen atoms in total. The maximum atomic E-state index is 11.6. The van der Waals surface area contributed by atoms with Gasteiger partial charge in [-0.3, -0.25) is 5.32 Å². The topological polar surface area (TPSA) is 54.0 Å². The van der Waals surface area contributed by atoms with Crippen LogP contribution in [0.15, 0.2) is 53.1 Å². The number of halogens is 1. The van der Waals surface area contributed by atoms with Gasteiger partial charge in [0.15, 0.2) is 0 Å². The van der Waals surface area contributed by atoms with Crippen LogP contribution in [0.25, 0.3) is 0 Å². The van der Waals surface area contributed by atoms with Crippen LogP contribution in [-0.4, -0.2) is 11.0 Å². The number of rotatable bonds is 2. The minimum atomic E-state index is -0.318. The number of amides is 2. The van der Waals surface area contributed by atoms with Crippen molar-refractivity contribution in [1.29, 1.82) is 0 Å². The Hall–Kier alpha value is -1.88. The number of nitrogens with zero attached hydrogens (tertiary/aromatic N) is 1. The van der Waals surface area contributed by atoms with Gasteiger partial charge in [0.25, 0.3) is 0 Å². The van der Waals surface area contributed by atoms with E-state index in [9.17, 15) is 4.79 Å². The molecule has 86 valence electrons. The summed E-state index contributed by atoms with van der Waals surface area (Å²) in [5.74, 6) is 0.493. The number of para-hydroxylation sites is 1. The highest BCUT2D eigenvalue weighted by Crippen LogP contribution is 2.11. The summed E-state index contributed by atoms with van der Waals surface area (Å²) in [7, 11) is 0. The molecule has 0 aliphatic carbocycles. The van der Waals surface area contributed by atoms with E-state index in [1.54, 1.807) is 18.2 Å². The molecule has 2 aromatic rings. The number of carbonyl (C=O) groups is 1. The number of urea groups is 1. The van der Waals surface area contributed by atoms with Crippen LogP contribution in [0.5, 0.6) is 0 Å². The lowest BCUT2D eigenvalue weighted by Gasteiger charge is -2.06. The SMILES string of the molecule is O=C(Nc1ccccc1)Nc1cccc(Br)n1. The first-order chi connectivity index (χ1) is 8.24. The second kappa shape index (κ2) is 5.45. The minimum Gasteiger partial charge on any atom is -0.308 e. The van der Waals surface area contributed by atoms with Crippen molar-refractivity contribution in [1.82, 2.24) is 4.98 Å². The summed E-state index contributed by atoms with van der Waals surface area (Å²) in [6.07, 6.45) is 0. The van der Waals surface area contributed by atoms with E-state index in [0.717, 1.165) is 5.69 Å². The molecular formula is C12H10BrN3O. The highest BCUT2D eigenvalue weighted by Gasteiger charge is 2.02. The van der Waals surface area contributed by atoms with Crippen LogP contribution in [0.1, 0.15) is 0 Å². The first-order valence-electron chi connectivity index (χ1n) is 5.00. The van der Waals surface area contributed by atoms with Crippen molar-refractivity contribution in [3.05, 3.63) is 53.1 Å². The summed E-state index contributed by atoms with van der Waals surface area (Å²) in [5, 5.41) is 5.34. The molecule has 0 aliphatic rings. The Bertz CT molecular complexity index is 516. The Morgan fingerprint density at radius 3 is 2.47 bits per heavy atom. The van der Waals surface area contributed by atoms with Gasteiger partial charge in [0.1, 0.15) is 10.4 Å².